The van der Waals surface area contributed by atoms with Crippen molar-refractivity contribution < 1.29 is 5.11 Å². The van der Waals surface area contributed by atoms with Gasteiger partial charge in [0, 0.05) is 11.7 Å². The van der Waals surface area contributed by atoms with Crippen molar-refractivity contribution in [2.75, 3.05) is 11.9 Å². The molecule has 18 heavy (non-hydrogen) atoms. The topological polar surface area (TPSA) is 44.3 Å². The summed E-state index contributed by atoms with van der Waals surface area (Å²) in [4.78, 5) is 0. The number of para-hydroxylation sites is 1. The van der Waals surface area contributed by atoms with Crippen molar-refractivity contribution in [1.82, 2.24) is 5.32 Å². The van der Waals surface area contributed by atoms with Crippen LogP contribution >= 0.6 is 0 Å². The first-order valence-corrected chi connectivity index (χ1v) is 7.06. The first-order valence-electron chi connectivity index (χ1n) is 7.06. The lowest BCUT2D eigenvalue weighted by Crippen LogP contribution is -2.65. The Balaban J connectivity index is 1.78. The summed E-state index contributed by atoms with van der Waals surface area (Å²) in [5, 5.41) is 18.0. The van der Waals surface area contributed by atoms with Crippen LogP contribution in [0.15, 0.2) is 30.3 Å². The summed E-state index contributed by atoms with van der Waals surface area (Å²) in [5.41, 5.74) is 0.536. The Bertz CT molecular complexity index is 393. The summed E-state index contributed by atoms with van der Waals surface area (Å²) in [6.07, 6.45) is 5.38. The molecule has 0 spiro atoms. The number of hydrogen-bond donors (Lipinski definition) is 3. The van der Waals surface area contributed by atoms with Crippen molar-refractivity contribution in [3.63, 3.8) is 0 Å². The molecule has 1 heterocycles. The highest BCUT2D eigenvalue weighted by Gasteiger charge is 2.47. The Morgan fingerprint density at radius 3 is 2.83 bits per heavy atom. The number of fused-ring (bicyclic) bond motifs is 1. The van der Waals surface area contributed by atoms with Crippen LogP contribution < -0.4 is 10.6 Å². The lowest BCUT2D eigenvalue weighted by Gasteiger charge is -2.49. The average Bonchev–Trinajstić information content (AvgIpc) is 2.41. The van der Waals surface area contributed by atoms with Crippen molar-refractivity contribution >= 4 is 5.69 Å². The van der Waals surface area contributed by atoms with Gasteiger partial charge >= 0.3 is 0 Å². The van der Waals surface area contributed by atoms with Gasteiger partial charge in [-0.3, -0.25) is 0 Å². The van der Waals surface area contributed by atoms with Crippen LogP contribution in [0, 0.1) is 0 Å². The molecular weight excluding hydrogens is 224 g/mol. The highest BCUT2D eigenvalue weighted by molar-refractivity contribution is 5.44. The van der Waals surface area contributed by atoms with Gasteiger partial charge in [0.2, 0.25) is 0 Å². The van der Waals surface area contributed by atoms with Crippen LogP contribution in [0.1, 0.15) is 32.1 Å². The minimum absolute atomic E-state index is 0.173. The van der Waals surface area contributed by atoms with Gasteiger partial charge in [0.15, 0.2) is 0 Å². The number of piperidine rings is 1. The Labute approximate surface area is 109 Å². The molecule has 0 amide bonds. The molecule has 2 aliphatic rings. The second kappa shape index (κ2) is 4.90. The summed E-state index contributed by atoms with van der Waals surface area (Å²) in [7, 11) is 0. The minimum atomic E-state index is -0.577. The molecule has 3 atom stereocenters. The lowest BCUT2D eigenvalue weighted by molar-refractivity contribution is -0.0584. The average molecular weight is 246 g/mol. The number of nitrogens with one attached hydrogen (secondary N) is 2. The van der Waals surface area contributed by atoms with Gasteiger partial charge in [-0.05, 0) is 37.9 Å². The van der Waals surface area contributed by atoms with Crippen LogP contribution in [-0.2, 0) is 0 Å². The van der Waals surface area contributed by atoms with E-state index in [-0.39, 0.29) is 12.1 Å². The van der Waals surface area contributed by atoms with Crippen molar-refractivity contribution in [3.05, 3.63) is 30.3 Å². The van der Waals surface area contributed by atoms with Gasteiger partial charge in [0.25, 0.3) is 0 Å². The predicted molar refractivity (Wildman–Crippen MR) is 73.7 cm³/mol. The highest BCUT2D eigenvalue weighted by Crippen LogP contribution is 2.36. The number of anilines is 1. The molecule has 0 aromatic heterocycles. The van der Waals surface area contributed by atoms with Crippen LogP contribution in [0.2, 0.25) is 0 Å². The molecule has 2 fully saturated rings. The molecule has 1 aromatic carbocycles. The normalized spacial score (nSPS) is 35.8. The highest BCUT2D eigenvalue weighted by atomic mass is 16.3. The Morgan fingerprint density at radius 2 is 2.00 bits per heavy atom. The molecule has 3 nitrogen and oxygen atoms in total. The maximum Gasteiger partial charge on any atom is 0.1000 e. The molecule has 3 N–H and O–H groups in total. The van der Waals surface area contributed by atoms with E-state index in [0.29, 0.717) is 0 Å². The Hall–Kier alpha value is -1.06. The first kappa shape index (κ1) is 12.0. The molecular formula is C15H22N2O. The van der Waals surface area contributed by atoms with E-state index in [4.69, 9.17) is 0 Å². The van der Waals surface area contributed by atoms with Crippen molar-refractivity contribution in [2.24, 2.45) is 0 Å². The maximum atomic E-state index is 11.0. The number of benzene rings is 1. The van der Waals surface area contributed by atoms with Gasteiger partial charge in [-0.1, -0.05) is 31.0 Å². The van der Waals surface area contributed by atoms with E-state index in [1.165, 1.54) is 6.42 Å². The summed E-state index contributed by atoms with van der Waals surface area (Å²) < 4.78 is 0. The van der Waals surface area contributed by atoms with Crippen molar-refractivity contribution in [1.29, 1.82) is 0 Å². The number of aliphatic hydroxyl groups is 1. The zero-order valence-corrected chi connectivity index (χ0v) is 10.7. The zero-order valence-electron chi connectivity index (χ0n) is 10.7. The molecule has 0 unspecified atom stereocenters. The fourth-order valence-corrected chi connectivity index (χ4v) is 3.46. The number of hydrogen-bond acceptors (Lipinski definition) is 3. The van der Waals surface area contributed by atoms with E-state index in [1.807, 2.05) is 18.2 Å². The zero-order chi connectivity index (χ0) is 12.4. The Morgan fingerprint density at radius 1 is 1.17 bits per heavy atom. The maximum absolute atomic E-state index is 11.0. The SMILES string of the molecule is O[C@]12CCCC[C@H]1NCC[C@H]2Nc1ccccc1. The molecule has 1 aromatic rings. The smallest absolute Gasteiger partial charge is 0.1000 e. The van der Waals surface area contributed by atoms with Crippen molar-refractivity contribution in [2.45, 2.75) is 49.8 Å². The first-order chi connectivity index (χ1) is 8.79. The molecule has 0 bridgehead atoms. The van der Waals surface area contributed by atoms with Crippen LogP contribution in [-0.4, -0.2) is 29.3 Å². The monoisotopic (exact) mass is 246 g/mol. The van der Waals surface area contributed by atoms with Gasteiger partial charge in [-0.2, -0.15) is 0 Å². The lowest BCUT2D eigenvalue weighted by atomic mass is 9.72. The van der Waals surface area contributed by atoms with Gasteiger partial charge in [-0.25, -0.2) is 0 Å². The van der Waals surface area contributed by atoms with E-state index >= 15 is 0 Å². The summed E-state index contributed by atoms with van der Waals surface area (Å²) in [5.74, 6) is 0. The molecule has 3 heteroatoms. The minimum Gasteiger partial charge on any atom is -0.386 e. The molecule has 1 saturated heterocycles. The van der Waals surface area contributed by atoms with Crippen LogP contribution in [0.3, 0.4) is 0 Å². The largest absolute Gasteiger partial charge is 0.386 e. The predicted octanol–water partition coefficient (Wildman–Crippen LogP) is 2.13. The second-order valence-corrected chi connectivity index (χ2v) is 5.60. The van der Waals surface area contributed by atoms with E-state index in [0.717, 1.165) is 37.9 Å². The fraction of sp³-hybridized carbons (Fsp3) is 0.600. The van der Waals surface area contributed by atoms with Gasteiger partial charge in [0.05, 0.1) is 11.6 Å². The molecule has 1 aliphatic carbocycles. The summed E-state index contributed by atoms with van der Waals surface area (Å²) in [6.45, 7) is 0.997. The molecule has 3 rings (SSSR count). The third kappa shape index (κ3) is 2.13. The van der Waals surface area contributed by atoms with Gasteiger partial charge < -0.3 is 15.7 Å². The molecule has 98 valence electrons. The molecule has 1 aliphatic heterocycles. The molecule has 0 radical (unpaired) electrons. The van der Waals surface area contributed by atoms with E-state index in [2.05, 4.69) is 22.8 Å². The fourth-order valence-electron chi connectivity index (χ4n) is 3.46. The van der Waals surface area contributed by atoms with Gasteiger partial charge in [0.1, 0.15) is 0 Å². The summed E-state index contributed by atoms with van der Waals surface area (Å²) >= 11 is 0. The standard InChI is InChI=1S/C15H22N2O/c18-15-10-5-4-8-13(15)16-11-9-14(15)17-12-6-2-1-3-7-12/h1-3,6-7,13-14,16-18H,4-5,8-11H2/t13-,14-,15-/m1/s1. The van der Waals surface area contributed by atoms with E-state index < -0.39 is 5.60 Å². The molecule has 1 saturated carbocycles. The van der Waals surface area contributed by atoms with Crippen LogP contribution in [0.4, 0.5) is 5.69 Å². The second-order valence-electron chi connectivity index (χ2n) is 5.60. The number of rotatable bonds is 2. The Kier molecular flexibility index (Phi) is 3.27. The quantitative estimate of drug-likeness (QED) is 0.749. The summed E-state index contributed by atoms with van der Waals surface area (Å²) in [6, 6.07) is 10.7. The van der Waals surface area contributed by atoms with Crippen molar-refractivity contribution in [3.8, 4) is 0 Å². The van der Waals surface area contributed by atoms with E-state index in [9.17, 15) is 5.11 Å². The van der Waals surface area contributed by atoms with Crippen LogP contribution in [0.5, 0.6) is 0 Å². The van der Waals surface area contributed by atoms with E-state index in [1.54, 1.807) is 0 Å². The van der Waals surface area contributed by atoms with Gasteiger partial charge in [-0.15, -0.1) is 0 Å². The third-order valence-electron chi connectivity index (χ3n) is 4.47. The third-order valence-corrected chi connectivity index (χ3v) is 4.47. The van der Waals surface area contributed by atoms with Crippen LogP contribution in [0.25, 0.3) is 0 Å².